The maximum atomic E-state index is 12.3. The van der Waals surface area contributed by atoms with Crippen LogP contribution in [-0.4, -0.2) is 57.1 Å². The van der Waals surface area contributed by atoms with Gasteiger partial charge in [-0.05, 0) is 70.8 Å². The Morgan fingerprint density at radius 3 is 1.27 bits per heavy atom. The van der Waals surface area contributed by atoms with E-state index in [0.717, 1.165) is 33.8 Å². The summed E-state index contributed by atoms with van der Waals surface area (Å²) in [6, 6.07) is 28.7. The molecule has 0 spiro atoms. The van der Waals surface area contributed by atoms with Gasteiger partial charge in [-0.25, -0.2) is 9.36 Å². The second-order valence-corrected chi connectivity index (χ2v) is 12.5. The van der Waals surface area contributed by atoms with E-state index in [0.29, 0.717) is 17.3 Å². The lowest BCUT2D eigenvalue weighted by molar-refractivity contribution is -0.143. The molecule has 1 aliphatic rings. The van der Waals surface area contributed by atoms with E-state index in [1.54, 1.807) is 77.0 Å². The molecule has 1 unspecified atom stereocenters. The number of cyclic esters (lactones) is 1. The molecule has 4 aromatic rings. The van der Waals surface area contributed by atoms with Gasteiger partial charge in [0.2, 0.25) is 5.76 Å². The van der Waals surface area contributed by atoms with Gasteiger partial charge < -0.3 is 43.2 Å². The first-order valence-corrected chi connectivity index (χ1v) is 17.6. The van der Waals surface area contributed by atoms with Gasteiger partial charge in [0.05, 0.1) is 41.7 Å². The number of phosphoric ester groups is 1. The summed E-state index contributed by atoms with van der Waals surface area (Å²) >= 11 is 0. The van der Waals surface area contributed by atoms with Crippen molar-refractivity contribution in [3.8, 4) is 23.0 Å². The van der Waals surface area contributed by atoms with Crippen molar-refractivity contribution >= 4 is 13.8 Å². The van der Waals surface area contributed by atoms with Gasteiger partial charge in [0, 0.05) is 13.0 Å². The standard InChI is InChI=1S/C22H24O7.C16H19O6P/c1-25-17-7-3-15(4-8-17)13-27-20-19(11-12-23)29-22(24)21(20)28-14-16-5-9-18(26-2)10-6-16;1-19-15-7-3-13(4-8-15)11-21-23(17,18)22-12-14-5-9-16(20-2)10-6-14/h3-10,19,23H,11-14H2,1-2H3;3-10H,11-12H2,1-2H3,(H,17,18). The van der Waals surface area contributed by atoms with Gasteiger partial charge in [-0.3, -0.25) is 9.05 Å². The Bertz CT molecular complexity index is 1700. The average molecular weight is 739 g/mol. The largest absolute Gasteiger partial charge is 0.497 e. The lowest BCUT2D eigenvalue weighted by atomic mass is 10.2. The van der Waals surface area contributed by atoms with Gasteiger partial charge in [-0.2, -0.15) is 0 Å². The maximum absolute atomic E-state index is 12.3. The summed E-state index contributed by atoms with van der Waals surface area (Å²) < 4.78 is 59.1. The summed E-state index contributed by atoms with van der Waals surface area (Å²) in [5.74, 6) is 2.63. The third-order valence-electron chi connectivity index (χ3n) is 7.54. The number of benzene rings is 4. The van der Waals surface area contributed by atoms with Crippen LogP contribution in [0.3, 0.4) is 0 Å². The Morgan fingerprint density at radius 1 is 0.577 bits per heavy atom. The summed E-state index contributed by atoms with van der Waals surface area (Å²) in [6.45, 7) is 0.211. The highest BCUT2D eigenvalue weighted by Gasteiger charge is 2.37. The molecule has 4 aromatic carbocycles. The number of ether oxygens (including phenoxy) is 7. The molecular formula is C38H43O13P. The molecule has 1 aliphatic heterocycles. The highest BCUT2D eigenvalue weighted by Crippen LogP contribution is 2.45. The Hall–Kier alpha value is -5.04. The zero-order valence-corrected chi connectivity index (χ0v) is 30.3. The third-order valence-corrected chi connectivity index (χ3v) is 8.46. The summed E-state index contributed by atoms with van der Waals surface area (Å²) in [5, 5.41) is 9.28. The fourth-order valence-electron chi connectivity index (χ4n) is 4.63. The molecule has 2 N–H and O–H groups in total. The lowest BCUT2D eigenvalue weighted by Crippen LogP contribution is -2.15. The maximum Gasteiger partial charge on any atom is 0.472 e. The van der Waals surface area contributed by atoms with Crippen molar-refractivity contribution in [1.29, 1.82) is 0 Å². The van der Waals surface area contributed by atoms with Crippen molar-refractivity contribution in [3.63, 3.8) is 0 Å². The number of aliphatic hydroxyl groups excluding tert-OH is 1. The molecule has 278 valence electrons. The molecule has 0 saturated carbocycles. The first-order valence-electron chi connectivity index (χ1n) is 16.1. The van der Waals surface area contributed by atoms with E-state index in [2.05, 4.69) is 0 Å². The minimum Gasteiger partial charge on any atom is -0.497 e. The van der Waals surface area contributed by atoms with Crippen molar-refractivity contribution in [3.05, 3.63) is 131 Å². The molecule has 0 bridgehead atoms. The van der Waals surface area contributed by atoms with E-state index in [4.69, 9.17) is 42.2 Å². The van der Waals surface area contributed by atoms with Gasteiger partial charge in [0.25, 0.3) is 0 Å². The molecule has 0 aromatic heterocycles. The van der Waals surface area contributed by atoms with Gasteiger partial charge in [-0.1, -0.05) is 48.5 Å². The molecule has 52 heavy (non-hydrogen) atoms. The van der Waals surface area contributed by atoms with E-state index in [1.165, 1.54) is 0 Å². The highest BCUT2D eigenvalue weighted by molar-refractivity contribution is 7.47. The molecule has 1 atom stereocenters. The second kappa shape index (κ2) is 20.1. The fraction of sp³-hybridized carbons (Fsp3) is 0.289. The van der Waals surface area contributed by atoms with Crippen LogP contribution in [0, 0.1) is 0 Å². The van der Waals surface area contributed by atoms with Crippen LogP contribution in [0.5, 0.6) is 23.0 Å². The first-order chi connectivity index (χ1) is 25.2. The Labute approximate surface area is 302 Å². The Balaban J connectivity index is 0.000000239. The molecule has 13 nitrogen and oxygen atoms in total. The lowest BCUT2D eigenvalue weighted by Gasteiger charge is -2.14. The van der Waals surface area contributed by atoms with E-state index in [1.807, 2.05) is 48.5 Å². The Morgan fingerprint density at radius 2 is 0.923 bits per heavy atom. The van der Waals surface area contributed by atoms with Crippen LogP contribution in [0.4, 0.5) is 0 Å². The van der Waals surface area contributed by atoms with Gasteiger partial charge in [0.15, 0.2) is 11.9 Å². The minimum absolute atomic E-state index is 0.0274. The van der Waals surface area contributed by atoms with Crippen molar-refractivity contribution < 1.29 is 61.6 Å². The minimum atomic E-state index is -4.12. The van der Waals surface area contributed by atoms with E-state index >= 15 is 0 Å². The van der Waals surface area contributed by atoms with Crippen LogP contribution in [0.15, 0.2) is 109 Å². The number of esters is 1. The molecule has 0 fully saturated rings. The average Bonchev–Trinajstić information content (AvgIpc) is 3.48. The number of hydrogen-bond donors (Lipinski definition) is 2. The van der Waals surface area contributed by atoms with Crippen molar-refractivity contribution in [2.75, 3.05) is 35.0 Å². The normalized spacial score (nSPS) is 13.8. The monoisotopic (exact) mass is 738 g/mol. The number of aliphatic hydroxyl groups is 1. The SMILES string of the molecule is COc1ccc(COC2=C(OCc3ccc(OC)cc3)C(CCO)OC2=O)cc1.COc1ccc(COP(=O)(O)OCc2ccc(OC)cc2)cc1. The van der Waals surface area contributed by atoms with Crippen molar-refractivity contribution in [2.45, 2.75) is 39.0 Å². The fourth-order valence-corrected chi connectivity index (χ4v) is 5.33. The highest BCUT2D eigenvalue weighted by atomic mass is 31.2. The van der Waals surface area contributed by atoms with Crippen LogP contribution in [-0.2, 0) is 59.0 Å². The summed E-state index contributed by atoms with van der Waals surface area (Å²) in [6.07, 6.45) is -0.435. The van der Waals surface area contributed by atoms with Gasteiger partial charge in [-0.15, -0.1) is 0 Å². The van der Waals surface area contributed by atoms with Crippen LogP contribution in [0.1, 0.15) is 28.7 Å². The predicted molar refractivity (Wildman–Crippen MR) is 190 cm³/mol. The van der Waals surface area contributed by atoms with E-state index in [9.17, 15) is 19.4 Å². The molecule has 0 amide bonds. The number of phosphoric acid groups is 1. The topological polar surface area (TPSA) is 158 Å². The van der Waals surface area contributed by atoms with Crippen LogP contribution >= 0.6 is 7.82 Å². The van der Waals surface area contributed by atoms with Gasteiger partial charge in [0.1, 0.15) is 36.2 Å². The molecular weight excluding hydrogens is 695 g/mol. The number of carbonyl (C=O) groups is 1. The summed E-state index contributed by atoms with van der Waals surface area (Å²) in [5.41, 5.74) is 3.25. The van der Waals surface area contributed by atoms with Crippen molar-refractivity contribution in [1.82, 2.24) is 0 Å². The van der Waals surface area contributed by atoms with Crippen LogP contribution in [0.25, 0.3) is 0 Å². The number of rotatable bonds is 18. The molecule has 0 saturated heterocycles. The van der Waals surface area contributed by atoms with Crippen molar-refractivity contribution in [2.24, 2.45) is 0 Å². The number of hydrogen-bond acceptors (Lipinski definition) is 12. The summed E-state index contributed by atoms with van der Waals surface area (Å²) in [4.78, 5) is 22.0. The van der Waals surface area contributed by atoms with E-state index < -0.39 is 19.9 Å². The summed E-state index contributed by atoms with van der Waals surface area (Å²) in [7, 11) is 2.21. The van der Waals surface area contributed by atoms with E-state index in [-0.39, 0.29) is 45.2 Å². The molecule has 1 heterocycles. The molecule has 5 rings (SSSR count). The Kier molecular flexibility index (Phi) is 15.4. The zero-order valence-electron chi connectivity index (χ0n) is 29.4. The smallest absolute Gasteiger partial charge is 0.472 e. The zero-order chi connectivity index (χ0) is 37.3. The van der Waals surface area contributed by atoms with Crippen LogP contribution < -0.4 is 18.9 Å². The molecule has 14 heteroatoms. The van der Waals surface area contributed by atoms with Gasteiger partial charge >= 0.3 is 13.8 Å². The number of carbonyl (C=O) groups excluding carboxylic acids is 1. The number of methoxy groups -OCH3 is 4. The molecule has 0 radical (unpaired) electrons. The third kappa shape index (κ3) is 12.3. The van der Waals surface area contributed by atoms with Crippen LogP contribution in [0.2, 0.25) is 0 Å². The first kappa shape index (κ1) is 39.7. The quantitative estimate of drug-likeness (QED) is 0.0844. The second-order valence-electron chi connectivity index (χ2n) is 11.1. The molecule has 0 aliphatic carbocycles. The predicted octanol–water partition coefficient (Wildman–Crippen LogP) is 6.49.